The van der Waals surface area contributed by atoms with Crippen LogP contribution in [0.15, 0.2) is 42.6 Å². The van der Waals surface area contributed by atoms with Gasteiger partial charge in [-0.2, -0.15) is 0 Å². The third-order valence-electron chi connectivity index (χ3n) is 4.49. The average molecular weight is 312 g/mol. The number of para-hydroxylation sites is 2. The van der Waals surface area contributed by atoms with Crippen molar-refractivity contribution in [1.29, 1.82) is 0 Å². The van der Waals surface area contributed by atoms with Gasteiger partial charge in [-0.3, -0.25) is 4.79 Å². The van der Waals surface area contributed by atoms with Gasteiger partial charge in [0.15, 0.2) is 0 Å². The van der Waals surface area contributed by atoms with Gasteiger partial charge < -0.3 is 19.7 Å². The minimum Gasteiger partial charge on any atom is -0.367 e. The molecule has 0 spiro atoms. The van der Waals surface area contributed by atoms with Gasteiger partial charge in [0.1, 0.15) is 5.69 Å². The van der Waals surface area contributed by atoms with Gasteiger partial charge in [-0.15, -0.1) is 0 Å². The summed E-state index contributed by atoms with van der Waals surface area (Å²) in [5.74, 6) is -0.0721. The number of rotatable bonds is 4. The maximum atomic E-state index is 12.5. The molecule has 1 aromatic carbocycles. The molecule has 5 heteroatoms. The fourth-order valence-electron chi connectivity index (χ4n) is 3.04. The molecule has 23 heavy (non-hydrogen) atoms. The lowest BCUT2D eigenvalue weighted by molar-refractivity contribution is 0.101. The summed E-state index contributed by atoms with van der Waals surface area (Å²) in [5, 5.41) is 3.06. The van der Waals surface area contributed by atoms with E-state index < -0.39 is 0 Å². The van der Waals surface area contributed by atoms with Crippen LogP contribution in [-0.4, -0.2) is 48.1 Å². The maximum Gasteiger partial charge on any atom is 0.272 e. The third kappa shape index (κ3) is 3.40. The first-order valence-corrected chi connectivity index (χ1v) is 8.18. The number of piperazine rings is 1. The lowest BCUT2D eigenvalue weighted by Gasteiger charge is -2.36. The normalized spacial score (nSPS) is 15.7. The Morgan fingerprint density at radius 1 is 1.09 bits per heavy atom. The van der Waals surface area contributed by atoms with E-state index in [4.69, 9.17) is 0 Å². The van der Waals surface area contributed by atoms with E-state index in [2.05, 4.69) is 28.1 Å². The molecule has 1 fully saturated rings. The van der Waals surface area contributed by atoms with Gasteiger partial charge in [0.2, 0.25) is 0 Å². The van der Waals surface area contributed by atoms with Crippen LogP contribution in [0.25, 0.3) is 0 Å². The van der Waals surface area contributed by atoms with Crippen molar-refractivity contribution in [3.63, 3.8) is 0 Å². The number of nitrogens with one attached hydrogen (secondary N) is 1. The summed E-state index contributed by atoms with van der Waals surface area (Å²) >= 11 is 0. The van der Waals surface area contributed by atoms with Gasteiger partial charge in [0, 0.05) is 39.4 Å². The molecule has 0 saturated carbocycles. The zero-order valence-corrected chi connectivity index (χ0v) is 13.8. The Balaban J connectivity index is 1.76. The van der Waals surface area contributed by atoms with Crippen LogP contribution in [0.3, 0.4) is 0 Å². The molecule has 1 aliphatic rings. The predicted molar refractivity (Wildman–Crippen MR) is 94.1 cm³/mol. The number of amides is 1. The number of aromatic nitrogens is 1. The minimum atomic E-state index is -0.0721. The van der Waals surface area contributed by atoms with Crippen molar-refractivity contribution in [2.45, 2.75) is 6.92 Å². The molecule has 122 valence electrons. The highest BCUT2D eigenvalue weighted by Gasteiger charge is 2.19. The van der Waals surface area contributed by atoms with Crippen LogP contribution in [0.2, 0.25) is 0 Å². The number of hydrogen-bond acceptors (Lipinski definition) is 3. The zero-order chi connectivity index (χ0) is 16.2. The summed E-state index contributed by atoms with van der Waals surface area (Å²) in [4.78, 5) is 17.3. The largest absolute Gasteiger partial charge is 0.367 e. The highest BCUT2D eigenvalue weighted by atomic mass is 16.1. The Labute approximate surface area is 137 Å². The van der Waals surface area contributed by atoms with E-state index in [9.17, 15) is 4.79 Å². The van der Waals surface area contributed by atoms with Crippen molar-refractivity contribution >= 4 is 17.3 Å². The summed E-state index contributed by atoms with van der Waals surface area (Å²) in [6.07, 6.45) is 1.88. The van der Waals surface area contributed by atoms with E-state index in [-0.39, 0.29) is 5.91 Å². The summed E-state index contributed by atoms with van der Waals surface area (Å²) in [6, 6.07) is 11.8. The van der Waals surface area contributed by atoms with Gasteiger partial charge in [-0.05, 0) is 30.8 Å². The molecule has 1 amide bonds. The number of anilines is 2. The van der Waals surface area contributed by atoms with E-state index in [1.54, 1.807) is 0 Å². The number of nitrogens with zero attached hydrogens (tertiary/aromatic N) is 3. The predicted octanol–water partition coefficient (Wildman–Crippen LogP) is 2.42. The van der Waals surface area contributed by atoms with Gasteiger partial charge in [-0.25, -0.2) is 0 Å². The molecule has 5 nitrogen and oxygen atoms in total. The lowest BCUT2D eigenvalue weighted by Crippen LogP contribution is -2.46. The minimum absolute atomic E-state index is 0.0721. The Hall–Kier alpha value is -2.27. The quantitative estimate of drug-likeness (QED) is 0.942. The van der Waals surface area contributed by atoms with Gasteiger partial charge in [-0.1, -0.05) is 19.1 Å². The van der Waals surface area contributed by atoms with E-state index in [1.165, 1.54) is 0 Å². The van der Waals surface area contributed by atoms with Gasteiger partial charge in [0.05, 0.1) is 11.4 Å². The maximum absolute atomic E-state index is 12.5. The standard InChI is InChI=1S/C18H24N4O/c1-3-21-11-13-22(14-12-21)16-8-5-4-7-15(16)19-18(23)17-9-6-10-20(17)2/h4-10H,3,11-14H2,1-2H3,(H,19,23). The number of hydrogen-bond donors (Lipinski definition) is 1. The molecule has 0 aliphatic carbocycles. The molecular weight excluding hydrogens is 288 g/mol. The van der Waals surface area contributed by atoms with E-state index in [0.29, 0.717) is 5.69 Å². The lowest BCUT2D eigenvalue weighted by atomic mass is 10.2. The van der Waals surface area contributed by atoms with Crippen molar-refractivity contribution < 1.29 is 4.79 Å². The smallest absolute Gasteiger partial charge is 0.272 e. The fourth-order valence-corrected chi connectivity index (χ4v) is 3.04. The molecule has 2 heterocycles. The van der Waals surface area contributed by atoms with Gasteiger partial charge >= 0.3 is 0 Å². The molecule has 1 aliphatic heterocycles. The van der Waals surface area contributed by atoms with E-state index in [1.807, 2.05) is 48.1 Å². The first-order valence-electron chi connectivity index (χ1n) is 8.18. The molecule has 2 aromatic rings. The van der Waals surface area contributed by atoms with Crippen LogP contribution in [0, 0.1) is 0 Å². The summed E-state index contributed by atoms with van der Waals surface area (Å²) in [6.45, 7) is 7.41. The Morgan fingerprint density at radius 3 is 2.48 bits per heavy atom. The summed E-state index contributed by atoms with van der Waals surface area (Å²) < 4.78 is 1.83. The van der Waals surface area contributed by atoms with Crippen LogP contribution >= 0.6 is 0 Å². The molecule has 1 saturated heterocycles. The van der Waals surface area contributed by atoms with Crippen molar-refractivity contribution in [2.24, 2.45) is 7.05 Å². The average Bonchev–Trinajstić information content (AvgIpc) is 3.02. The summed E-state index contributed by atoms with van der Waals surface area (Å²) in [5.41, 5.74) is 2.64. The van der Waals surface area contributed by atoms with Crippen molar-refractivity contribution in [3.8, 4) is 0 Å². The third-order valence-corrected chi connectivity index (χ3v) is 4.49. The van der Waals surface area contributed by atoms with Crippen molar-refractivity contribution in [3.05, 3.63) is 48.3 Å². The highest BCUT2D eigenvalue weighted by molar-refractivity contribution is 6.05. The Bertz CT molecular complexity index is 671. The van der Waals surface area contributed by atoms with Crippen LogP contribution in [0.5, 0.6) is 0 Å². The van der Waals surface area contributed by atoms with Crippen LogP contribution in [0.1, 0.15) is 17.4 Å². The van der Waals surface area contributed by atoms with Crippen molar-refractivity contribution in [2.75, 3.05) is 42.9 Å². The molecular formula is C18H24N4O. The molecule has 1 aromatic heterocycles. The zero-order valence-electron chi connectivity index (χ0n) is 13.8. The number of carbonyl (C=O) groups excluding carboxylic acids is 1. The monoisotopic (exact) mass is 312 g/mol. The Kier molecular flexibility index (Phi) is 4.67. The molecule has 0 bridgehead atoms. The topological polar surface area (TPSA) is 40.5 Å². The number of carbonyl (C=O) groups is 1. The number of benzene rings is 1. The fraction of sp³-hybridized carbons (Fsp3) is 0.389. The molecule has 0 radical (unpaired) electrons. The molecule has 0 atom stereocenters. The van der Waals surface area contributed by atoms with Crippen LogP contribution < -0.4 is 10.2 Å². The van der Waals surface area contributed by atoms with Crippen LogP contribution in [0.4, 0.5) is 11.4 Å². The summed E-state index contributed by atoms with van der Waals surface area (Å²) in [7, 11) is 1.88. The van der Waals surface area contributed by atoms with E-state index >= 15 is 0 Å². The number of likely N-dealkylation sites (N-methyl/N-ethyl adjacent to an activating group) is 1. The second kappa shape index (κ2) is 6.87. The molecule has 0 unspecified atom stereocenters. The SMILES string of the molecule is CCN1CCN(c2ccccc2NC(=O)c2cccn2C)CC1. The van der Waals surface area contributed by atoms with Crippen LogP contribution in [-0.2, 0) is 7.05 Å². The Morgan fingerprint density at radius 2 is 1.83 bits per heavy atom. The second-order valence-electron chi connectivity index (χ2n) is 5.90. The van der Waals surface area contributed by atoms with Gasteiger partial charge in [0.25, 0.3) is 5.91 Å². The highest BCUT2D eigenvalue weighted by Crippen LogP contribution is 2.27. The van der Waals surface area contributed by atoms with Crippen molar-refractivity contribution in [1.82, 2.24) is 9.47 Å². The molecule has 3 rings (SSSR count). The number of aryl methyl sites for hydroxylation is 1. The first-order chi connectivity index (χ1) is 11.2. The first kappa shape index (κ1) is 15.6. The van der Waals surface area contributed by atoms with E-state index in [0.717, 1.165) is 44.1 Å². The second-order valence-corrected chi connectivity index (χ2v) is 5.90. The molecule has 1 N–H and O–H groups in total.